The van der Waals surface area contributed by atoms with Crippen molar-refractivity contribution in [3.63, 3.8) is 0 Å². The largest absolute Gasteiger partial charge is 0.396 e. The maximum atomic E-state index is 12.2. The van der Waals surface area contributed by atoms with Crippen LogP contribution in [-0.4, -0.2) is 17.5 Å². The van der Waals surface area contributed by atoms with E-state index in [2.05, 4.69) is 15.9 Å². The van der Waals surface area contributed by atoms with Crippen LogP contribution in [0.2, 0.25) is 0 Å². The predicted molar refractivity (Wildman–Crippen MR) is 68.6 cm³/mol. The van der Waals surface area contributed by atoms with Crippen LogP contribution in [0, 0.1) is 18.8 Å². The number of aliphatic hydroxyl groups is 1. The second kappa shape index (κ2) is 5.60. The lowest BCUT2D eigenvalue weighted by atomic mass is 9.87. The van der Waals surface area contributed by atoms with Gasteiger partial charge in [0, 0.05) is 16.0 Å². The normalized spacial score (nSPS) is 12.9. The van der Waals surface area contributed by atoms with Crippen LogP contribution < -0.4 is 0 Å². The molecule has 0 amide bonds. The molecule has 0 fully saturated rings. The van der Waals surface area contributed by atoms with E-state index < -0.39 is 0 Å². The van der Waals surface area contributed by atoms with E-state index >= 15 is 0 Å². The van der Waals surface area contributed by atoms with E-state index in [-0.39, 0.29) is 24.2 Å². The molecule has 0 saturated heterocycles. The van der Waals surface area contributed by atoms with Gasteiger partial charge in [0.1, 0.15) is 0 Å². The minimum atomic E-state index is -0.312. The number of hydrogen-bond acceptors (Lipinski definition) is 2. The molecule has 1 aromatic rings. The number of Topliss-reactive ketones (excluding diaryl/α,β-unsaturated/α-hetero) is 1. The number of halogens is 1. The highest BCUT2D eigenvalue weighted by Gasteiger charge is 2.23. The summed E-state index contributed by atoms with van der Waals surface area (Å²) in [5.41, 5.74) is 1.65. The number of ketones is 1. The molecule has 0 aliphatic heterocycles. The van der Waals surface area contributed by atoms with E-state index in [4.69, 9.17) is 0 Å². The van der Waals surface area contributed by atoms with Crippen molar-refractivity contribution in [2.45, 2.75) is 20.8 Å². The molecule has 2 nitrogen and oxygen atoms in total. The first kappa shape index (κ1) is 13.4. The second-order valence-electron chi connectivity index (χ2n) is 4.36. The summed E-state index contributed by atoms with van der Waals surface area (Å²) in [6.07, 6.45) is 0. The quantitative estimate of drug-likeness (QED) is 0.862. The number of benzene rings is 1. The van der Waals surface area contributed by atoms with E-state index in [9.17, 15) is 9.90 Å². The van der Waals surface area contributed by atoms with Gasteiger partial charge in [-0.05, 0) is 30.5 Å². The lowest BCUT2D eigenvalue weighted by molar-refractivity contribution is 0.0806. The molecule has 1 aromatic carbocycles. The van der Waals surface area contributed by atoms with Crippen LogP contribution in [0.25, 0.3) is 0 Å². The first-order valence-corrected chi connectivity index (χ1v) is 6.18. The van der Waals surface area contributed by atoms with Crippen LogP contribution in [0.5, 0.6) is 0 Å². The highest BCUT2D eigenvalue weighted by atomic mass is 79.9. The average molecular weight is 285 g/mol. The fraction of sp³-hybridized carbons (Fsp3) is 0.462. The molecule has 0 aromatic heterocycles. The van der Waals surface area contributed by atoms with Crippen LogP contribution >= 0.6 is 15.9 Å². The van der Waals surface area contributed by atoms with Crippen molar-refractivity contribution in [2.24, 2.45) is 11.8 Å². The fourth-order valence-corrected chi connectivity index (χ4v) is 2.02. The molecule has 0 heterocycles. The third-order valence-electron chi connectivity index (χ3n) is 2.80. The minimum absolute atomic E-state index is 0.0244. The standard InChI is InChI=1S/C13H17BrO2/c1-8(2)12(7-15)13(16)11-6-10(14)5-4-9(11)3/h4-6,8,12,15H,7H2,1-3H3. The Balaban J connectivity index is 3.08. The van der Waals surface area contributed by atoms with Gasteiger partial charge >= 0.3 is 0 Å². The summed E-state index contributed by atoms with van der Waals surface area (Å²) in [5.74, 6) is -0.139. The topological polar surface area (TPSA) is 37.3 Å². The van der Waals surface area contributed by atoms with Crippen molar-refractivity contribution < 1.29 is 9.90 Å². The van der Waals surface area contributed by atoms with Gasteiger partial charge in [-0.3, -0.25) is 4.79 Å². The van der Waals surface area contributed by atoms with Crippen LogP contribution in [0.1, 0.15) is 29.8 Å². The Kier molecular flexibility index (Phi) is 4.69. The molecule has 0 aliphatic carbocycles. The monoisotopic (exact) mass is 284 g/mol. The zero-order valence-corrected chi connectivity index (χ0v) is 11.4. The minimum Gasteiger partial charge on any atom is -0.396 e. The van der Waals surface area contributed by atoms with Gasteiger partial charge in [-0.15, -0.1) is 0 Å². The molecule has 0 bridgehead atoms. The summed E-state index contributed by atoms with van der Waals surface area (Å²) < 4.78 is 0.891. The van der Waals surface area contributed by atoms with Crippen LogP contribution in [0.4, 0.5) is 0 Å². The van der Waals surface area contributed by atoms with Crippen molar-refractivity contribution in [3.8, 4) is 0 Å². The average Bonchev–Trinajstić information content (AvgIpc) is 2.22. The summed E-state index contributed by atoms with van der Waals surface area (Å²) >= 11 is 3.36. The Morgan fingerprint density at radius 2 is 2.06 bits per heavy atom. The Labute approximate surface area is 105 Å². The Morgan fingerprint density at radius 1 is 1.44 bits per heavy atom. The smallest absolute Gasteiger partial charge is 0.168 e. The molecule has 3 heteroatoms. The molecule has 16 heavy (non-hydrogen) atoms. The molecular weight excluding hydrogens is 268 g/mol. The Morgan fingerprint density at radius 3 is 2.56 bits per heavy atom. The Bertz CT molecular complexity index is 386. The summed E-state index contributed by atoms with van der Waals surface area (Å²) in [4.78, 5) is 12.2. The van der Waals surface area contributed by atoms with Gasteiger partial charge in [0.05, 0.1) is 6.61 Å². The van der Waals surface area contributed by atoms with E-state index in [1.807, 2.05) is 39.0 Å². The summed E-state index contributed by atoms with van der Waals surface area (Å²) in [6, 6.07) is 5.64. The third kappa shape index (κ3) is 2.92. The molecule has 0 aliphatic rings. The fourth-order valence-electron chi connectivity index (χ4n) is 1.66. The first-order valence-electron chi connectivity index (χ1n) is 5.38. The van der Waals surface area contributed by atoms with Gasteiger partial charge in [-0.1, -0.05) is 35.8 Å². The molecule has 0 saturated carbocycles. The maximum Gasteiger partial charge on any atom is 0.168 e. The van der Waals surface area contributed by atoms with Crippen molar-refractivity contribution in [1.82, 2.24) is 0 Å². The predicted octanol–water partition coefficient (Wildman–Crippen LogP) is 3.20. The highest BCUT2D eigenvalue weighted by molar-refractivity contribution is 9.10. The van der Waals surface area contributed by atoms with Crippen molar-refractivity contribution in [3.05, 3.63) is 33.8 Å². The molecule has 1 unspecified atom stereocenters. The van der Waals surface area contributed by atoms with Crippen LogP contribution in [0.15, 0.2) is 22.7 Å². The molecule has 0 spiro atoms. The zero-order valence-electron chi connectivity index (χ0n) is 9.83. The molecule has 88 valence electrons. The number of rotatable bonds is 4. The lowest BCUT2D eigenvalue weighted by Crippen LogP contribution is -2.24. The molecule has 0 radical (unpaired) electrons. The van der Waals surface area contributed by atoms with Gasteiger partial charge in [-0.2, -0.15) is 0 Å². The van der Waals surface area contributed by atoms with Crippen molar-refractivity contribution in [1.29, 1.82) is 0 Å². The van der Waals surface area contributed by atoms with E-state index in [1.165, 1.54) is 0 Å². The third-order valence-corrected chi connectivity index (χ3v) is 3.30. The van der Waals surface area contributed by atoms with Gasteiger partial charge < -0.3 is 5.11 Å². The van der Waals surface area contributed by atoms with Crippen molar-refractivity contribution in [2.75, 3.05) is 6.61 Å². The first-order chi connectivity index (χ1) is 7.47. The van der Waals surface area contributed by atoms with Crippen molar-refractivity contribution >= 4 is 21.7 Å². The zero-order chi connectivity index (χ0) is 12.3. The Hall–Kier alpha value is -0.670. The van der Waals surface area contributed by atoms with E-state index in [1.54, 1.807) is 0 Å². The second-order valence-corrected chi connectivity index (χ2v) is 5.27. The van der Waals surface area contributed by atoms with Gasteiger partial charge in [-0.25, -0.2) is 0 Å². The molecule has 1 rings (SSSR count). The SMILES string of the molecule is Cc1ccc(Br)cc1C(=O)C(CO)C(C)C. The number of carbonyl (C=O) groups excluding carboxylic acids is 1. The van der Waals surface area contributed by atoms with E-state index in [0.29, 0.717) is 5.56 Å². The number of carbonyl (C=O) groups is 1. The lowest BCUT2D eigenvalue weighted by Gasteiger charge is -2.18. The van der Waals surface area contributed by atoms with Crippen LogP contribution in [0.3, 0.4) is 0 Å². The molecular formula is C13H17BrO2. The summed E-state index contributed by atoms with van der Waals surface area (Å²) in [5, 5.41) is 9.26. The van der Waals surface area contributed by atoms with Gasteiger partial charge in [0.25, 0.3) is 0 Å². The summed E-state index contributed by atoms with van der Waals surface area (Å²) in [7, 11) is 0. The van der Waals surface area contributed by atoms with Crippen LogP contribution in [-0.2, 0) is 0 Å². The number of aliphatic hydroxyl groups excluding tert-OH is 1. The maximum absolute atomic E-state index is 12.2. The highest BCUT2D eigenvalue weighted by Crippen LogP contribution is 2.22. The molecule has 1 atom stereocenters. The summed E-state index contributed by atoms with van der Waals surface area (Å²) in [6.45, 7) is 5.72. The van der Waals surface area contributed by atoms with E-state index in [0.717, 1.165) is 10.0 Å². The molecule has 1 N–H and O–H groups in total. The number of aryl methyl sites for hydroxylation is 1. The van der Waals surface area contributed by atoms with Gasteiger partial charge in [0.15, 0.2) is 5.78 Å². The number of hydrogen-bond donors (Lipinski definition) is 1. The van der Waals surface area contributed by atoms with Gasteiger partial charge in [0.2, 0.25) is 0 Å².